The van der Waals surface area contributed by atoms with E-state index in [0.717, 1.165) is 10.4 Å². The van der Waals surface area contributed by atoms with E-state index >= 15 is 0 Å². The van der Waals surface area contributed by atoms with E-state index in [0.29, 0.717) is 5.13 Å². The first kappa shape index (κ1) is 25.3. The highest BCUT2D eigenvalue weighted by Gasteiger charge is 2.26. The molecule has 2 N–H and O–H groups in total. The van der Waals surface area contributed by atoms with Crippen molar-refractivity contribution in [3.8, 4) is 0 Å². The molecular weight excluding hydrogens is 430 g/mol. The molecule has 32 heavy (non-hydrogen) atoms. The number of ether oxygens (including phenoxy) is 2. The summed E-state index contributed by atoms with van der Waals surface area (Å²) in [5.74, 6) is -0.654. The Morgan fingerprint density at radius 2 is 1.81 bits per heavy atom. The highest BCUT2D eigenvalue weighted by molar-refractivity contribution is 7.15. The second-order valence-corrected chi connectivity index (χ2v) is 9.66. The summed E-state index contributed by atoms with van der Waals surface area (Å²) >= 11 is 1.37. The highest BCUT2D eigenvalue weighted by Crippen LogP contribution is 2.25. The van der Waals surface area contributed by atoms with Crippen molar-refractivity contribution in [1.29, 1.82) is 0 Å². The van der Waals surface area contributed by atoms with Crippen LogP contribution in [-0.2, 0) is 25.7 Å². The standard InChI is InChI=1S/C23H31N3O5S/c1-15(2)18-13-24-21(32-18)26-20(28)17(25-22(29)31-23(3,4)5)11-12-19(27)30-14-16-9-7-6-8-10-16/h6-10,13,15,17H,11-12,14H2,1-5H3,(H,25,29)(H,24,26,28). The molecule has 0 bridgehead atoms. The number of carbonyl (C=O) groups excluding carboxylic acids is 3. The van der Waals surface area contributed by atoms with Crippen LogP contribution in [0.1, 0.15) is 63.8 Å². The van der Waals surface area contributed by atoms with Crippen LogP contribution in [-0.4, -0.2) is 34.6 Å². The van der Waals surface area contributed by atoms with Crippen LogP contribution in [0.4, 0.5) is 9.93 Å². The fourth-order valence-corrected chi connectivity index (χ4v) is 3.42. The van der Waals surface area contributed by atoms with Gasteiger partial charge >= 0.3 is 12.1 Å². The van der Waals surface area contributed by atoms with E-state index in [4.69, 9.17) is 9.47 Å². The molecule has 1 atom stereocenters. The van der Waals surface area contributed by atoms with E-state index in [-0.39, 0.29) is 25.4 Å². The number of amides is 2. The Balaban J connectivity index is 1.98. The predicted molar refractivity (Wildman–Crippen MR) is 123 cm³/mol. The molecule has 2 amide bonds. The van der Waals surface area contributed by atoms with Gasteiger partial charge in [-0.3, -0.25) is 9.59 Å². The minimum absolute atomic E-state index is 0.0458. The van der Waals surface area contributed by atoms with E-state index in [1.54, 1.807) is 27.0 Å². The van der Waals surface area contributed by atoms with Gasteiger partial charge in [0.1, 0.15) is 18.2 Å². The molecule has 0 saturated heterocycles. The Kier molecular flexibility index (Phi) is 9.19. The van der Waals surface area contributed by atoms with Gasteiger partial charge < -0.3 is 20.1 Å². The zero-order chi connectivity index (χ0) is 23.7. The summed E-state index contributed by atoms with van der Waals surface area (Å²) in [4.78, 5) is 42.5. The van der Waals surface area contributed by atoms with Crippen LogP contribution in [0.3, 0.4) is 0 Å². The number of hydrogen-bond donors (Lipinski definition) is 2. The summed E-state index contributed by atoms with van der Waals surface area (Å²) in [6.45, 7) is 9.40. The maximum Gasteiger partial charge on any atom is 0.408 e. The molecule has 2 aromatic rings. The van der Waals surface area contributed by atoms with Crippen molar-refractivity contribution in [1.82, 2.24) is 10.3 Å². The lowest BCUT2D eigenvalue weighted by Gasteiger charge is -2.23. The number of hydrogen-bond acceptors (Lipinski definition) is 7. The number of carbonyl (C=O) groups is 3. The van der Waals surface area contributed by atoms with Gasteiger partial charge in [0.25, 0.3) is 0 Å². The Morgan fingerprint density at radius 3 is 2.41 bits per heavy atom. The number of aromatic nitrogens is 1. The quantitative estimate of drug-likeness (QED) is 0.528. The van der Waals surface area contributed by atoms with Gasteiger partial charge in [0, 0.05) is 17.5 Å². The number of anilines is 1. The van der Waals surface area contributed by atoms with Crippen LogP contribution in [0.25, 0.3) is 0 Å². The van der Waals surface area contributed by atoms with Gasteiger partial charge in [-0.15, -0.1) is 11.3 Å². The Bertz CT molecular complexity index is 906. The minimum atomic E-state index is -0.986. The molecule has 0 aliphatic heterocycles. The van der Waals surface area contributed by atoms with Crippen molar-refractivity contribution in [3.63, 3.8) is 0 Å². The van der Waals surface area contributed by atoms with Gasteiger partial charge in [-0.05, 0) is 38.7 Å². The topological polar surface area (TPSA) is 107 Å². The maximum atomic E-state index is 12.8. The lowest BCUT2D eigenvalue weighted by atomic mass is 10.1. The normalized spacial score (nSPS) is 12.2. The molecule has 2 rings (SSSR count). The zero-order valence-electron chi connectivity index (χ0n) is 19.1. The summed E-state index contributed by atoms with van der Waals surface area (Å²) in [7, 11) is 0. The van der Waals surface area contributed by atoms with E-state index < -0.39 is 29.6 Å². The lowest BCUT2D eigenvalue weighted by Crippen LogP contribution is -2.46. The Morgan fingerprint density at radius 1 is 1.12 bits per heavy atom. The molecule has 0 aliphatic rings. The summed E-state index contributed by atoms with van der Waals surface area (Å²) in [5, 5.41) is 5.69. The van der Waals surface area contributed by atoms with Crippen LogP contribution >= 0.6 is 11.3 Å². The summed E-state index contributed by atoms with van der Waals surface area (Å²) < 4.78 is 10.5. The van der Waals surface area contributed by atoms with Gasteiger partial charge in [0.15, 0.2) is 5.13 Å². The molecule has 174 valence electrons. The van der Waals surface area contributed by atoms with Gasteiger partial charge in [-0.1, -0.05) is 44.2 Å². The summed E-state index contributed by atoms with van der Waals surface area (Å²) in [6.07, 6.45) is 0.983. The second-order valence-electron chi connectivity index (χ2n) is 8.60. The maximum absolute atomic E-state index is 12.8. The van der Waals surface area contributed by atoms with Crippen LogP contribution in [0, 0.1) is 0 Å². The first-order chi connectivity index (χ1) is 15.0. The van der Waals surface area contributed by atoms with Crippen molar-refractivity contribution in [2.75, 3.05) is 5.32 Å². The number of nitrogens with one attached hydrogen (secondary N) is 2. The molecule has 0 aliphatic carbocycles. The molecule has 0 fully saturated rings. The van der Waals surface area contributed by atoms with E-state index in [9.17, 15) is 14.4 Å². The number of rotatable bonds is 9. The predicted octanol–water partition coefficient (Wildman–Crippen LogP) is 4.62. The van der Waals surface area contributed by atoms with Gasteiger partial charge in [-0.2, -0.15) is 0 Å². The smallest absolute Gasteiger partial charge is 0.408 e. The number of alkyl carbamates (subject to hydrolysis) is 1. The molecule has 8 nitrogen and oxygen atoms in total. The van der Waals surface area contributed by atoms with Crippen molar-refractivity contribution in [2.24, 2.45) is 0 Å². The lowest BCUT2D eigenvalue weighted by molar-refractivity contribution is -0.145. The van der Waals surface area contributed by atoms with Crippen molar-refractivity contribution < 1.29 is 23.9 Å². The van der Waals surface area contributed by atoms with Crippen LogP contribution < -0.4 is 10.6 Å². The molecule has 1 aromatic heterocycles. The average molecular weight is 462 g/mol. The van der Waals surface area contributed by atoms with Crippen LogP contribution in [0.15, 0.2) is 36.5 Å². The Hall–Kier alpha value is -2.94. The van der Waals surface area contributed by atoms with Gasteiger partial charge in [0.05, 0.1) is 0 Å². The molecule has 0 radical (unpaired) electrons. The average Bonchev–Trinajstić information content (AvgIpc) is 3.17. The molecule has 0 spiro atoms. The highest BCUT2D eigenvalue weighted by atomic mass is 32.1. The zero-order valence-corrected chi connectivity index (χ0v) is 20.0. The number of benzene rings is 1. The van der Waals surface area contributed by atoms with E-state index in [1.807, 2.05) is 44.2 Å². The van der Waals surface area contributed by atoms with E-state index in [2.05, 4.69) is 15.6 Å². The SMILES string of the molecule is CC(C)c1cnc(NC(=O)C(CCC(=O)OCc2ccccc2)NC(=O)OC(C)(C)C)s1. The first-order valence-electron chi connectivity index (χ1n) is 10.5. The molecule has 9 heteroatoms. The van der Waals surface area contributed by atoms with Crippen molar-refractivity contribution >= 4 is 34.4 Å². The fourth-order valence-electron chi connectivity index (χ4n) is 2.59. The monoisotopic (exact) mass is 461 g/mol. The summed E-state index contributed by atoms with van der Waals surface area (Å²) in [5.41, 5.74) is 0.146. The molecular formula is C23H31N3O5S. The van der Waals surface area contributed by atoms with Crippen molar-refractivity contribution in [3.05, 3.63) is 47.0 Å². The van der Waals surface area contributed by atoms with E-state index in [1.165, 1.54) is 11.3 Å². The second kappa shape index (κ2) is 11.6. The number of thiazole rings is 1. The number of nitrogens with zero attached hydrogens (tertiary/aromatic N) is 1. The van der Waals surface area contributed by atoms with Crippen LogP contribution in [0.5, 0.6) is 0 Å². The van der Waals surface area contributed by atoms with Crippen molar-refractivity contribution in [2.45, 2.75) is 71.6 Å². The molecule has 1 aromatic carbocycles. The Labute approximate surface area is 192 Å². The third-order valence-electron chi connectivity index (χ3n) is 4.21. The minimum Gasteiger partial charge on any atom is -0.461 e. The molecule has 1 unspecified atom stereocenters. The largest absolute Gasteiger partial charge is 0.461 e. The number of esters is 1. The molecule has 0 saturated carbocycles. The van der Waals surface area contributed by atoms with Gasteiger partial charge in [-0.25, -0.2) is 9.78 Å². The molecule has 1 heterocycles. The van der Waals surface area contributed by atoms with Gasteiger partial charge in [0.2, 0.25) is 5.91 Å². The third-order valence-corrected chi connectivity index (χ3v) is 5.42. The third kappa shape index (κ3) is 9.05. The fraction of sp³-hybridized carbons (Fsp3) is 0.478. The van der Waals surface area contributed by atoms with Crippen LogP contribution in [0.2, 0.25) is 0 Å². The summed E-state index contributed by atoms with van der Waals surface area (Å²) in [6, 6.07) is 8.32. The first-order valence-corrected chi connectivity index (χ1v) is 11.3.